The molecule has 0 aliphatic carbocycles. The average Bonchev–Trinajstić information content (AvgIpc) is 2.29. The van der Waals surface area contributed by atoms with Crippen LogP contribution in [-0.2, 0) is 4.79 Å². The number of carboxylic acids is 1. The number of rotatable bonds is 5. The first-order chi connectivity index (χ1) is 8.40. The van der Waals surface area contributed by atoms with E-state index in [-0.39, 0.29) is 29.6 Å². The largest absolute Gasteiger partial charge is 0.481 e. The lowest BCUT2D eigenvalue weighted by Gasteiger charge is -2.13. The minimum atomic E-state index is -0.943. The third kappa shape index (κ3) is 4.29. The van der Waals surface area contributed by atoms with E-state index in [1.54, 1.807) is 6.92 Å². The van der Waals surface area contributed by atoms with Crippen LogP contribution >= 0.6 is 11.6 Å². The summed E-state index contributed by atoms with van der Waals surface area (Å²) in [6.45, 7) is 1.65. The number of halogens is 2. The molecule has 0 aliphatic rings. The lowest BCUT2D eigenvalue weighted by atomic mass is 10.1. The van der Waals surface area contributed by atoms with Crippen LogP contribution in [0, 0.1) is 5.82 Å². The van der Waals surface area contributed by atoms with Gasteiger partial charge in [-0.3, -0.25) is 9.59 Å². The third-order valence-electron chi connectivity index (χ3n) is 2.22. The standard InChI is InChI=1S/C11H12ClFN2O3/c1-6(2-3-9(16)17)15-11(18)8-4-7(13)5-14-10(8)12/h4-6H,2-3H2,1H3,(H,15,18)(H,16,17). The van der Waals surface area contributed by atoms with Gasteiger partial charge < -0.3 is 10.4 Å². The summed E-state index contributed by atoms with van der Waals surface area (Å²) in [6.07, 6.45) is 1.13. The Kier molecular flexibility index (Phi) is 5.03. The molecular weight excluding hydrogens is 263 g/mol. The summed E-state index contributed by atoms with van der Waals surface area (Å²) < 4.78 is 12.9. The molecule has 0 saturated heterocycles. The highest BCUT2D eigenvalue weighted by Gasteiger charge is 2.15. The van der Waals surface area contributed by atoms with Crippen LogP contribution in [0.2, 0.25) is 5.15 Å². The van der Waals surface area contributed by atoms with Crippen molar-refractivity contribution in [3.05, 3.63) is 28.8 Å². The molecule has 0 fully saturated rings. The van der Waals surface area contributed by atoms with Gasteiger partial charge in [-0.2, -0.15) is 0 Å². The fourth-order valence-corrected chi connectivity index (χ4v) is 1.48. The fraction of sp³-hybridized carbons (Fsp3) is 0.364. The van der Waals surface area contributed by atoms with E-state index in [9.17, 15) is 14.0 Å². The molecule has 0 aromatic carbocycles. The Bertz CT molecular complexity index is 468. The van der Waals surface area contributed by atoms with E-state index >= 15 is 0 Å². The molecule has 1 amide bonds. The van der Waals surface area contributed by atoms with Crippen LogP contribution in [0.15, 0.2) is 12.3 Å². The number of amides is 1. The summed E-state index contributed by atoms with van der Waals surface area (Å²) in [5, 5.41) is 10.9. The number of hydrogen-bond donors (Lipinski definition) is 2. The second-order valence-corrected chi connectivity index (χ2v) is 4.16. The lowest BCUT2D eigenvalue weighted by Crippen LogP contribution is -2.33. The molecule has 7 heteroatoms. The molecule has 1 aromatic rings. The number of carbonyl (C=O) groups is 2. The third-order valence-corrected chi connectivity index (χ3v) is 2.52. The molecule has 1 heterocycles. The number of aromatic nitrogens is 1. The van der Waals surface area contributed by atoms with Gasteiger partial charge in [-0.05, 0) is 19.4 Å². The van der Waals surface area contributed by atoms with Crippen LogP contribution in [-0.4, -0.2) is 28.0 Å². The van der Waals surface area contributed by atoms with Crippen LogP contribution in [0.25, 0.3) is 0 Å². The number of carboxylic acid groups (broad SMARTS) is 1. The summed E-state index contributed by atoms with van der Waals surface area (Å²) in [4.78, 5) is 25.6. The number of nitrogens with one attached hydrogen (secondary N) is 1. The van der Waals surface area contributed by atoms with E-state index in [0.29, 0.717) is 0 Å². The molecule has 0 spiro atoms. The van der Waals surface area contributed by atoms with Crippen LogP contribution in [0.5, 0.6) is 0 Å². The van der Waals surface area contributed by atoms with Crippen LogP contribution in [0.1, 0.15) is 30.1 Å². The van der Waals surface area contributed by atoms with Crippen molar-refractivity contribution < 1.29 is 19.1 Å². The molecule has 0 bridgehead atoms. The highest BCUT2D eigenvalue weighted by molar-refractivity contribution is 6.32. The number of aliphatic carboxylic acids is 1. The molecule has 0 radical (unpaired) electrons. The Balaban J connectivity index is 2.64. The summed E-state index contributed by atoms with van der Waals surface area (Å²) in [5.41, 5.74) is -0.0705. The van der Waals surface area contributed by atoms with Crippen LogP contribution < -0.4 is 5.32 Å². The Morgan fingerprint density at radius 1 is 1.61 bits per heavy atom. The molecular formula is C11H12ClFN2O3. The number of hydrogen-bond acceptors (Lipinski definition) is 3. The van der Waals surface area contributed by atoms with Gasteiger partial charge in [0, 0.05) is 12.5 Å². The monoisotopic (exact) mass is 274 g/mol. The van der Waals surface area contributed by atoms with Crippen LogP contribution in [0.3, 0.4) is 0 Å². The van der Waals surface area contributed by atoms with E-state index in [1.807, 2.05) is 0 Å². The highest BCUT2D eigenvalue weighted by atomic mass is 35.5. The fourth-order valence-electron chi connectivity index (χ4n) is 1.30. The Hall–Kier alpha value is -1.69. The van der Waals surface area contributed by atoms with Crippen LogP contribution in [0.4, 0.5) is 4.39 Å². The van der Waals surface area contributed by atoms with Gasteiger partial charge in [-0.1, -0.05) is 11.6 Å². The van der Waals surface area contributed by atoms with Crippen molar-refractivity contribution in [2.75, 3.05) is 0 Å². The van der Waals surface area contributed by atoms with Gasteiger partial charge in [0.2, 0.25) is 0 Å². The van der Waals surface area contributed by atoms with Gasteiger partial charge in [-0.15, -0.1) is 0 Å². The van der Waals surface area contributed by atoms with E-state index in [2.05, 4.69) is 10.3 Å². The van der Waals surface area contributed by atoms with Crippen molar-refractivity contribution in [3.8, 4) is 0 Å². The summed E-state index contributed by atoms with van der Waals surface area (Å²) in [6, 6.07) is 0.627. The topological polar surface area (TPSA) is 79.3 Å². The molecule has 98 valence electrons. The maximum Gasteiger partial charge on any atom is 0.303 e. The Morgan fingerprint density at radius 3 is 2.89 bits per heavy atom. The molecule has 1 unspecified atom stereocenters. The van der Waals surface area contributed by atoms with Gasteiger partial charge in [-0.25, -0.2) is 9.37 Å². The molecule has 5 nitrogen and oxygen atoms in total. The van der Waals surface area contributed by atoms with Gasteiger partial charge in [0.15, 0.2) is 0 Å². The predicted molar refractivity (Wildman–Crippen MR) is 63.0 cm³/mol. The van der Waals surface area contributed by atoms with Crippen molar-refractivity contribution in [2.45, 2.75) is 25.8 Å². The average molecular weight is 275 g/mol. The van der Waals surface area contributed by atoms with Crippen molar-refractivity contribution in [1.29, 1.82) is 0 Å². The highest BCUT2D eigenvalue weighted by Crippen LogP contribution is 2.14. The Morgan fingerprint density at radius 2 is 2.28 bits per heavy atom. The van der Waals surface area contributed by atoms with Crippen molar-refractivity contribution in [1.82, 2.24) is 10.3 Å². The van der Waals surface area contributed by atoms with Crippen molar-refractivity contribution in [2.24, 2.45) is 0 Å². The van der Waals surface area contributed by atoms with Crippen molar-refractivity contribution in [3.63, 3.8) is 0 Å². The zero-order chi connectivity index (χ0) is 13.7. The smallest absolute Gasteiger partial charge is 0.303 e. The molecule has 2 N–H and O–H groups in total. The van der Waals surface area contributed by atoms with E-state index in [0.717, 1.165) is 12.3 Å². The number of nitrogens with zero attached hydrogens (tertiary/aromatic N) is 1. The number of pyridine rings is 1. The zero-order valence-corrected chi connectivity index (χ0v) is 10.4. The van der Waals surface area contributed by atoms with E-state index in [4.69, 9.17) is 16.7 Å². The minimum absolute atomic E-state index is 0.0589. The molecule has 18 heavy (non-hydrogen) atoms. The lowest BCUT2D eigenvalue weighted by molar-refractivity contribution is -0.137. The molecule has 0 saturated carbocycles. The summed E-state index contributed by atoms with van der Waals surface area (Å²) in [5.74, 6) is -2.19. The van der Waals surface area contributed by atoms with E-state index < -0.39 is 17.7 Å². The first-order valence-corrected chi connectivity index (χ1v) is 5.61. The maximum atomic E-state index is 12.9. The first kappa shape index (κ1) is 14.4. The van der Waals surface area contributed by atoms with E-state index in [1.165, 1.54) is 0 Å². The summed E-state index contributed by atoms with van der Waals surface area (Å²) >= 11 is 5.67. The Labute approximate surface area is 108 Å². The SMILES string of the molecule is CC(CCC(=O)O)NC(=O)c1cc(F)cnc1Cl. The first-order valence-electron chi connectivity index (χ1n) is 5.24. The second kappa shape index (κ2) is 6.30. The van der Waals surface area contributed by atoms with Gasteiger partial charge in [0.05, 0.1) is 11.8 Å². The van der Waals surface area contributed by atoms with Gasteiger partial charge >= 0.3 is 5.97 Å². The zero-order valence-electron chi connectivity index (χ0n) is 9.61. The minimum Gasteiger partial charge on any atom is -0.481 e. The maximum absolute atomic E-state index is 12.9. The second-order valence-electron chi connectivity index (χ2n) is 3.80. The van der Waals surface area contributed by atoms with Crippen molar-refractivity contribution >= 4 is 23.5 Å². The quantitative estimate of drug-likeness (QED) is 0.803. The molecule has 1 atom stereocenters. The summed E-state index contributed by atoms with van der Waals surface area (Å²) in [7, 11) is 0. The van der Waals surface area contributed by atoms with Gasteiger partial charge in [0.1, 0.15) is 11.0 Å². The van der Waals surface area contributed by atoms with Gasteiger partial charge in [0.25, 0.3) is 5.91 Å². The molecule has 1 rings (SSSR count). The molecule has 0 aliphatic heterocycles. The predicted octanol–water partition coefficient (Wildman–Crippen LogP) is 1.86. The molecule has 1 aromatic heterocycles. The normalized spacial score (nSPS) is 11.9. The number of carbonyl (C=O) groups excluding carboxylic acids is 1.